The lowest BCUT2D eigenvalue weighted by Gasteiger charge is -2.34. The Morgan fingerprint density at radius 1 is 1.10 bits per heavy atom. The molecular formula is C21H22ClFN4OS. The van der Waals surface area contributed by atoms with Gasteiger partial charge in [-0.05, 0) is 42.3 Å². The lowest BCUT2D eigenvalue weighted by atomic mass is 10.1. The number of anilines is 1. The summed E-state index contributed by atoms with van der Waals surface area (Å²) in [5, 5.41) is 1.21. The number of methoxy groups -OCH3 is 1. The molecule has 0 spiro atoms. The van der Waals surface area contributed by atoms with Crippen LogP contribution in [0.1, 0.15) is 5.56 Å². The van der Waals surface area contributed by atoms with Gasteiger partial charge < -0.3 is 9.64 Å². The second kappa shape index (κ2) is 9.07. The molecule has 2 aromatic carbocycles. The molecule has 0 bridgehead atoms. The van der Waals surface area contributed by atoms with Crippen molar-refractivity contribution < 1.29 is 9.13 Å². The first kappa shape index (κ1) is 20.1. The number of benzene rings is 2. The van der Waals surface area contributed by atoms with Gasteiger partial charge in [0.1, 0.15) is 11.6 Å². The highest BCUT2D eigenvalue weighted by Crippen LogP contribution is 2.28. The number of hydrogen-bond donors (Lipinski definition) is 0. The van der Waals surface area contributed by atoms with Crippen LogP contribution in [0.5, 0.6) is 5.75 Å². The highest BCUT2D eigenvalue weighted by molar-refractivity contribution is 7.09. The van der Waals surface area contributed by atoms with E-state index in [9.17, 15) is 4.39 Å². The standard InChI is InChI=1S/C21H22ClFN4OS/c1-28-17-5-2-15(3-6-17)8-9-26-10-12-27(13-11-26)21-24-20(25-29-21)18-7-4-16(22)14-19(18)23/h2-7,14H,8-13H2,1H3. The molecule has 1 aliphatic rings. The average molecular weight is 433 g/mol. The molecule has 4 rings (SSSR count). The Labute approximate surface area is 178 Å². The Morgan fingerprint density at radius 3 is 2.55 bits per heavy atom. The van der Waals surface area contributed by atoms with Crippen LogP contribution >= 0.6 is 23.1 Å². The van der Waals surface area contributed by atoms with Crippen molar-refractivity contribution in [3.8, 4) is 17.1 Å². The van der Waals surface area contributed by atoms with Crippen LogP contribution in [0, 0.1) is 5.82 Å². The minimum atomic E-state index is -0.398. The summed E-state index contributed by atoms with van der Waals surface area (Å²) in [6.07, 6.45) is 1.02. The quantitative estimate of drug-likeness (QED) is 0.578. The number of nitrogens with zero attached hydrogens (tertiary/aromatic N) is 4. The SMILES string of the molecule is COc1ccc(CCN2CCN(c3nc(-c4ccc(Cl)cc4F)ns3)CC2)cc1. The Bertz CT molecular complexity index is 958. The zero-order valence-corrected chi connectivity index (χ0v) is 17.7. The van der Waals surface area contributed by atoms with E-state index in [-0.39, 0.29) is 0 Å². The molecule has 0 amide bonds. The summed E-state index contributed by atoms with van der Waals surface area (Å²) < 4.78 is 23.7. The molecule has 2 heterocycles. The van der Waals surface area contributed by atoms with Gasteiger partial charge >= 0.3 is 0 Å². The van der Waals surface area contributed by atoms with Gasteiger partial charge in [0.2, 0.25) is 5.13 Å². The molecule has 5 nitrogen and oxygen atoms in total. The second-order valence-electron chi connectivity index (χ2n) is 6.95. The zero-order chi connectivity index (χ0) is 20.2. The molecule has 0 aliphatic carbocycles. The Hall–Kier alpha value is -2.22. The van der Waals surface area contributed by atoms with Gasteiger partial charge in [-0.2, -0.15) is 9.36 Å². The van der Waals surface area contributed by atoms with Crippen LogP contribution in [0.3, 0.4) is 0 Å². The summed E-state index contributed by atoms with van der Waals surface area (Å²) in [5.41, 5.74) is 1.70. The summed E-state index contributed by atoms with van der Waals surface area (Å²) >= 11 is 7.14. The number of aromatic nitrogens is 2. The van der Waals surface area contributed by atoms with Gasteiger partial charge in [-0.25, -0.2) is 4.39 Å². The molecule has 1 fully saturated rings. The highest BCUT2D eigenvalue weighted by Gasteiger charge is 2.21. The minimum Gasteiger partial charge on any atom is -0.497 e. The molecule has 0 saturated carbocycles. The summed E-state index contributed by atoms with van der Waals surface area (Å²) in [5.74, 6) is 0.906. The molecule has 1 aromatic heterocycles. The van der Waals surface area contributed by atoms with Crippen LogP contribution in [0.2, 0.25) is 5.02 Å². The van der Waals surface area contributed by atoms with Crippen molar-refractivity contribution in [2.45, 2.75) is 6.42 Å². The Balaban J connectivity index is 1.31. The van der Waals surface area contributed by atoms with Crippen LogP contribution in [-0.4, -0.2) is 54.1 Å². The second-order valence-corrected chi connectivity index (χ2v) is 8.12. The number of hydrogen-bond acceptors (Lipinski definition) is 6. The maximum atomic E-state index is 14.1. The van der Waals surface area contributed by atoms with E-state index in [1.807, 2.05) is 12.1 Å². The van der Waals surface area contributed by atoms with Gasteiger partial charge in [0.15, 0.2) is 5.82 Å². The third kappa shape index (κ3) is 4.86. The molecule has 8 heteroatoms. The van der Waals surface area contributed by atoms with Crippen LogP contribution < -0.4 is 9.64 Å². The molecule has 0 atom stereocenters. The van der Waals surface area contributed by atoms with Gasteiger partial charge in [0.05, 0.1) is 12.7 Å². The third-order valence-electron chi connectivity index (χ3n) is 5.11. The van der Waals surface area contributed by atoms with Crippen LogP contribution in [0.4, 0.5) is 9.52 Å². The van der Waals surface area contributed by atoms with Crippen molar-refractivity contribution in [2.75, 3.05) is 44.7 Å². The Morgan fingerprint density at radius 2 is 1.86 bits per heavy atom. The van der Waals surface area contributed by atoms with Gasteiger partial charge in [-0.3, -0.25) is 4.90 Å². The van der Waals surface area contributed by atoms with E-state index in [0.29, 0.717) is 16.4 Å². The maximum absolute atomic E-state index is 14.1. The summed E-state index contributed by atoms with van der Waals surface area (Å²) in [7, 11) is 1.68. The van der Waals surface area contributed by atoms with Gasteiger partial charge in [0.25, 0.3) is 0 Å². The summed E-state index contributed by atoms with van der Waals surface area (Å²) in [6.45, 7) is 4.75. The normalized spacial score (nSPS) is 14.9. The smallest absolute Gasteiger partial charge is 0.205 e. The fraction of sp³-hybridized carbons (Fsp3) is 0.333. The van der Waals surface area contributed by atoms with Gasteiger partial charge in [0, 0.05) is 49.3 Å². The number of ether oxygens (including phenoxy) is 1. The largest absolute Gasteiger partial charge is 0.497 e. The van der Waals surface area contributed by atoms with Crippen molar-refractivity contribution in [2.24, 2.45) is 0 Å². The molecule has 1 aliphatic heterocycles. The zero-order valence-electron chi connectivity index (χ0n) is 16.1. The van der Waals surface area contributed by atoms with Crippen LogP contribution in [0.15, 0.2) is 42.5 Å². The first-order valence-electron chi connectivity index (χ1n) is 9.52. The van der Waals surface area contributed by atoms with Crippen molar-refractivity contribution in [1.29, 1.82) is 0 Å². The van der Waals surface area contributed by atoms with Gasteiger partial charge in [-0.1, -0.05) is 23.7 Å². The molecule has 0 unspecified atom stereocenters. The van der Waals surface area contributed by atoms with Crippen molar-refractivity contribution in [3.63, 3.8) is 0 Å². The molecule has 29 heavy (non-hydrogen) atoms. The summed E-state index contributed by atoms with van der Waals surface area (Å²) in [6, 6.07) is 12.8. The molecule has 3 aromatic rings. The third-order valence-corrected chi connectivity index (χ3v) is 6.12. The molecule has 1 saturated heterocycles. The number of piperazine rings is 1. The van der Waals surface area contributed by atoms with Gasteiger partial charge in [-0.15, -0.1) is 0 Å². The van der Waals surface area contributed by atoms with E-state index in [0.717, 1.165) is 50.0 Å². The highest BCUT2D eigenvalue weighted by atomic mass is 35.5. The number of rotatable bonds is 6. The van der Waals surface area contributed by atoms with E-state index in [4.69, 9.17) is 16.3 Å². The molecule has 0 N–H and O–H groups in total. The minimum absolute atomic E-state index is 0.368. The van der Waals surface area contributed by atoms with Crippen LogP contribution in [0.25, 0.3) is 11.4 Å². The number of halogens is 2. The Kier molecular flexibility index (Phi) is 6.28. The fourth-order valence-electron chi connectivity index (χ4n) is 3.37. The molecular weight excluding hydrogens is 411 g/mol. The fourth-order valence-corrected chi connectivity index (χ4v) is 4.26. The van der Waals surface area contributed by atoms with E-state index in [1.54, 1.807) is 19.2 Å². The van der Waals surface area contributed by atoms with Crippen LogP contribution in [-0.2, 0) is 6.42 Å². The predicted molar refractivity (Wildman–Crippen MR) is 116 cm³/mol. The molecule has 152 valence electrons. The van der Waals surface area contributed by atoms with Crippen molar-refractivity contribution in [1.82, 2.24) is 14.3 Å². The van der Waals surface area contributed by atoms with Crippen molar-refractivity contribution >= 4 is 28.3 Å². The van der Waals surface area contributed by atoms with E-state index in [2.05, 4.69) is 31.3 Å². The topological polar surface area (TPSA) is 41.5 Å². The maximum Gasteiger partial charge on any atom is 0.205 e. The first-order chi connectivity index (χ1) is 14.1. The lowest BCUT2D eigenvalue weighted by Crippen LogP contribution is -2.47. The van der Waals surface area contributed by atoms with E-state index in [1.165, 1.54) is 23.2 Å². The monoisotopic (exact) mass is 432 g/mol. The predicted octanol–water partition coefficient (Wildman–Crippen LogP) is 4.37. The van der Waals surface area contributed by atoms with E-state index >= 15 is 0 Å². The average Bonchev–Trinajstić information content (AvgIpc) is 3.23. The lowest BCUT2D eigenvalue weighted by molar-refractivity contribution is 0.261. The van der Waals surface area contributed by atoms with Crippen molar-refractivity contribution in [3.05, 3.63) is 58.9 Å². The molecule has 0 radical (unpaired) electrons. The summed E-state index contributed by atoms with van der Waals surface area (Å²) in [4.78, 5) is 9.23. The van der Waals surface area contributed by atoms with E-state index < -0.39 is 5.82 Å². The first-order valence-corrected chi connectivity index (χ1v) is 10.7.